The minimum atomic E-state index is -10.7. The van der Waals surface area contributed by atoms with E-state index in [1.165, 1.54) is 4.46 Å². The molecule has 2 rings (SSSR count). The predicted molar refractivity (Wildman–Crippen MR) is 71.0 cm³/mol. The van der Waals surface area contributed by atoms with Crippen molar-refractivity contribution in [3.8, 4) is 0 Å². The van der Waals surface area contributed by atoms with Crippen LogP contribution in [0.3, 0.4) is 0 Å². The van der Waals surface area contributed by atoms with Gasteiger partial charge in [0.05, 0.1) is 0 Å². The molecule has 1 aromatic carbocycles. The van der Waals surface area contributed by atoms with Crippen LogP contribution in [0, 0.1) is 0 Å². The second-order valence-corrected chi connectivity index (χ2v) is 8.19. The monoisotopic (exact) mass is 398 g/mol. The zero-order valence-corrected chi connectivity index (χ0v) is 13.5. The fraction of sp³-hybridized carbons (Fsp3) is 0.182. The first-order valence-electron chi connectivity index (χ1n) is 5.55. The average molecular weight is 397 g/mol. The fourth-order valence-electron chi connectivity index (χ4n) is 1.24. The van der Waals surface area contributed by atoms with Gasteiger partial charge in [0.1, 0.15) is 0 Å². The van der Waals surface area contributed by atoms with Gasteiger partial charge in [-0.25, -0.2) is 0 Å². The summed E-state index contributed by atoms with van der Waals surface area (Å²) in [4.78, 5) is 0. The molecule has 0 atom stereocenters. The van der Waals surface area contributed by atoms with Crippen LogP contribution in [0.5, 0.6) is 0 Å². The van der Waals surface area contributed by atoms with Crippen LogP contribution in [0.2, 0.25) is 0 Å². The number of nitrogens with zero attached hydrogens (tertiary/aromatic N) is 2. The summed E-state index contributed by atoms with van der Waals surface area (Å²) in [5.41, 5.74) is 1.11. The van der Waals surface area contributed by atoms with Gasteiger partial charge < -0.3 is 0 Å². The molecule has 0 radical (unpaired) electrons. The van der Waals surface area contributed by atoms with Gasteiger partial charge in [-0.05, 0) is 0 Å². The number of rotatable bonds is 3. The number of hydrogen-bond donors (Lipinski definition) is 0. The van der Waals surface area contributed by atoms with Gasteiger partial charge in [0.15, 0.2) is 0 Å². The maximum atomic E-state index is 9.87. The molecule has 1 aromatic heterocycles. The summed E-state index contributed by atoms with van der Waals surface area (Å²) in [6.45, 7) is 0. The first-order valence-corrected chi connectivity index (χ1v) is 9.64. The Hall–Kier alpha value is -1.04. The Kier molecular flexibility index (Phi) is 4.83. The molecule has 0 fully saturated rings. The third kappa shape index (κ3) is 12.4. The second-order valence-electron chi connectivity index (χ2n) is 4.14. The normalized spacial score (nSPS) is 14.6. The van der Waals surface area contributed by atoms with Gasteiger partial charge >= 0.3 is 123 Å². The van der Waals surface area contributed by atoms with Crippen molar-refractivity contribution < 1.29 is 29.7 Å². The standard InChI is InChI=1S/C11H13N2Se.F6P/c1-12-7-8-13(9-12)10-14-11-5-3-2-4-6-11;1-7(2,3,4,5)6/h2-9H,10H2,1H3;/q+1;-1. The van der Waals surface area contributed by atoms with Gasteiger partial charge in [0.25, 0.3) is 0 Å². The van der Waals surface area contributed by atoms with Gasteiger partial charge in [0.2, 0.25) is 0 Å². The molecule has 0 unspecified atom stereocenters. The molecule has 2 aromatic rings. The molecule has 0 aliphatic carbocycles. The molecule has 0 spiro atoms. The molecule has 0 aliphatic heterocycles. The van der Waals surface area contributed by atoms with E-state index in [1.54, 1.807) is 0 Å². The zero-order chi connectivity index (χ0) is 16.2. The van der Waals surface area contributed by atoms with Crippen molar-refractivity contribution in [3.63, 3.8) is 0 Å². The number of benzene rings is 1. The third-order valence-electron chi connectivity index (χ3n) is 1.95. The molecule has 1 heterocycles. The average Bonchev–Trinajstić information content (AvgIpc) is 2.70. The molecule has 120 valence electrons. The molecular formula is C11H13F6N2PSe. The van der Waals surface area contributed by atoms with E-state index in [4.69, 9.17) is 0 Å². The van der Waals surface area contributed by atoms with E-state index in [-0.39, 0.29) is 0 Å². The summed E-state index contributed by atoms with van der Waals surface area (Å²) >= 11 is 0.535. The predicted octanol–water partition coefficient (Wildman–Crippen LogP) is 3.68. The van der Waals surface area contributed by atoms with Crippen LogP contribution >= 0.6 is 7.81 Å². The van der Waals surface area contributed by atoms with Gasteiger partial charge in [-0.15, -0.1) is 0 Å². The quantitative estimate of drug-likeness (QED) is 0.324. The Balaban J connectivity index is 0.000000270. The second kappa shape index (κ2) is 5.63. The summed E-state index contributed by atoms with van der Waals surface area (Å²) < 4.78 is 64.9. The molecule has 10 heteroatoms. The van der Waals surface area contributed by atoms with Gasteiger partial charge in [-0.1, -0.05) is 0 Å². The van der Waals surface area contributed by atoms with Gasteiger partial charge in [0, 0.05) is 0 Å². The van der Waals surface area contributed by atoms with E-state index in [9.17, 15) is 25.2 Å². The minimum absolute atomic E-state index is 0.535. The van der Waals surface area contributed by atoms with Crippen LogP contribution in [0.4, 0.5) is 25.2 Å². The van der Waals surface area contributed by atoms with Crippen LogP contribution < -0.4 is 9.03 Å². The maximum absolute atomic E-state index is 10.7. The molecule has 0 amide bonds. The SMILES string of the molecule is C[n+]1ccn(C[Se]c2ccccc2)c1.F[P-](F)(F)(F)(F)F. The van der Waals surface area contributed by atoms with E-state index in [1.807, 2.05) is 7.05 Å². The molecule has 21 heavy (non-hydrogen) atoms. The molecule has 0 saturated carbocycles. The van der Waals surface area contributed by atoms with Crippen LogP contribution in [0.15, 0.2) is 49.1 Å². The Bertz CT molecular complexity index is 570. The van der Waals surface area contributed by atoms with Crippen LogP contribution in [-0.4, -0.2) is 19.5 Å². The van der Waals surface area contributed by atoms with E-state index >= 15 is 0 Å². The van der Waals surface area contributed by atoms with Crippen molar-refractivity contribution in [2.24, 2.45) is 7.05 Å². The van der Waals surface area contributed by atoms with Crippen molar-refractivity contribution in [2.45, 2.75) is 5.44 Å². The Labute approximate surface area is 123 Å². The first kappa shape index (κ1) is 18.0. The Morgan fingerprint density at radius 2 is 1.57 bits per heavy atom. The fourth-order valence-corrected chi connectivity index (χ4v) is 2.92. The molecule has 0 N–H and O–H groups in total. The van der Waals surface area contributed by atoms with Crippen LogP contribution in [0.25, 0.3) is 0 Å². The molecule has 0 saturated heterocycles. The number of imidazole rings is 1. The number of aromatic nitrogens is 2. The summed E-state index contributed by atoms with van der Waals surface area (Å²) in [6, 6.07) is 10.7. The van der Waals surface area contributed by atoms with Crippen molar-refractivity contribution >= 4 is 27.2 Å². The van der Waals surface area contributed by atoms with Crippen LogP contribution in [-0.2, 0) is 12.5 Å². The number of hydrogen-bond acceptors (Lipinski definition) is 0. The Morgan fingerprint density at radius 3 is 2.00 bits per heavy atom. The van der Waals surface area contributed by atoms with E-state index in [0.29, 0.717) is 15.0 Å². The van der Waals surface area contributed by atoms with Crippen molar-refractivity contribution in [1.29, 1.82) is 0 Å². The van der Waals surface area contributed by atoms with Crippen molar-refractivity contribution in [3.05, 3.63) is 49.1 Å². The zero-order valence-electron chi connectivity index (χ0n) is 10.8. The van der Waals surface area contributed by atoms with Gasteiger partial charge in [-0.2, -0.15) is 0 Å². The number of halogens is 6. The Morgan fingerprint density at radius 1 is 1.05 bits per heavy atom. The van der Waals surface area contributed by atoms with Crippen LogP contribution in [0.1, 0.15) is 0 Å². The van der Waals surface area contributed by atoms with E-state index in [2.05, 4.69) is 58.2 Å². The summed E-state index contributed by atoms with van der Waals surface area (Å²) in [7, 11) is -8.61. The third-order valence-corrected chi connectivity index (χ3v) is 4.11. The first-order chi connectivity index (χ1) is 9.29. The summed E-state index contributed by atoms with van der Waals surface area (Å²) in [6.07, 6.45) is 6.30. The summed E-state index contributed by atoms with van der Waals surface area (Å²) in [5, 5.41) is 0. The number of aryl methyl sites for hydroxylation is 1. The van der Waals surface area contributed by atoms with Crippen molar-refractivity contribution in [1.82, 2.24) is 4.57 Å². The summed E-state index contributed by atoms with van der Waals surface area (Å²) in [5.74, 6) is 0. The molecule has 0 aliphatic rings. The molecule has 0 bridgehead atoms. The van der Waals surface area contributed by atoms with E-state index < -0.39 is 7.81 Å². The molecule has 2 nitrogen and oxygen atoms in total. The molecular weight excluding hydrogens is 384 g/mol. The van der Waals surface area contributed by atoms with Gasteiger partial charge in [-0.3, -0.25) is 0 Å². The van der Waals surface area contributed by atoms with E-state index in [0.717, 1.165) is 5.44 Å². The van der Waals surface area contributed by atoms with Crippen molar-refractivity contribution in [2.75, 3.05) is 0 Å². The topological polar surface area (TPSA) is 8.81 Å².